The summed E-state index contributed by atoms with van der Waals surface area (Å²) in [6.45, 7) is 2.21. The van der Waals surface area contributed by atoms with E-state index < -0.39 is 5.97 Å². The summed E-state index contributed by atoms with van der Waals surface area (Å²) in [5.41, 5.74) is 1.49. The maximum absolute atomic E-state index is 10.7. The Morgan fingerprint density at radius 3 is 3.00 bits per heavy atom. The van der Waals surface area contributed by atoms with E-state index in [2.05, 4.69) is 15.3 Å². The van der Waals surface area contributed by atoms with Gasteiger partial charge in [-0.15, -0.1) is 0 Å². The molecule has 2 rings (SSSR count). The van der Waals surface area contributed by atoms with E-state index in [1.54, 1.807) is 19.3 Å². The van der Waals surface area contributed by atoms with Crippen LogP contribution in [-0.2, 0) is 6.54 Å². The van der Waals surface area contributed by atoms with Crippen LogP contribution in [-0.4, -0.2) is 15.9 Å². The molecule has 2 heterocycles. The van der Waals surface area contributed by atoms with Crippen LogP contribution in [0.25, 0.3) is 0 Å². The number of aryl methyl sites for hydroxylation is 1. The summed E-state index contributed by atoms with van der Waals surface area (Å²) in [6, 6.07) is 3.77. The Hall–Kier alpha value is -1.95. The first-order valence-corrected chi connectivity index (χ1v) is 5.80. The standard InChI is InChI=1S/C11H11N3O2S/c1-7-9(10(15)16)17-11(14-7)13-6-8-3-2-4-12-5-8/h2-5H,6H2,1H3,(H,13,14)(H,15,16)/p-1. The van der Waals surface area contributed by atoms with Crippen molar-refractivity contribution in [1.82, 2.24) is 9.97 Å². The van der Waals surface area contributed by atoms with Gasteiger partial charge in [-0.05, 0) is 18.6 Å². The minimum atomic E-state index is -1.19. The molecule has 0 unspecified atom stereocenters. The predicted octanol–water partition coefficient (Wildman–Crippen LogP) is 0.822. The molecule has 0 amide bonds. The van der Waals surface area contributed by atoms with Crippen molar-refractivity contribution in [3.8, 4) is 0 Å². The maximum Gasteiger partial charge on any atom is 0.183 e. The lowest BCUT2D eigenvalue weighted by molar-refractivity contribution is -0.254. The Labute approximate surface area is 102 Å². The van der Waals surface area contributed by atoms with Crippen LogP contribution in [0.5, 0.6) is 0 Å². The molecule has 0 bridgehead atoms. The highest BCUT2D eigenvalue weighted by Gasteiger charge is 2.07. The van der Waals surface area contributed by atoms with Crippen LogP contribution < -0.4 is 10.4 Å². The number of anilines is 1. The molecule has 0 spiro atoms. The molecule has 5 nitrogen and oxygen atoms in total. The van der Waals surface area contributed by atoms with Crippen molar-refractivity contribution < 1.29 is 9.90 Å². The average molecular weight is 248 g/mol. The molecule has 0 saturated heterocycles. The van der Waals surface area contributed by atoms with Gasteiger partial charge in [-0.3, -0.25) is 4.98 Å². The van der Waals surface area contributed by atoms with Gasteiger partial charge in [-0.1, -0.05) is 17.4 Å². The minimum absolute atomic E-state index is 0.165. The van der Waals surface area contributed by atoms with Crippen molar-refractivity contribution >= 4 is 22.4 Å². The molecule has 0 aliphatic rings. The number of pyridine rings is 1. The molecule has 88 valence electrons. The lowest BCUT2D eigenvalue weighted by Crippen LogP contribution is -2.21. The van der Waals surface area contributed by atoms with Crippen LogP contribution in [0, 0.1) is 6.92 Å². The van der Waals surface area contributed by atoms with Crippen LogP contribution >= 0.6 is 11.3 Å². The zero-order valence-electron chi connectivity index (χ0n) is 9.14. The molecule has 1 N–H and O–H groups in total. The SMILES string of the molecule is Cc1nc(NCc2cccnc2)sc1C(=O)[O-]. The number of nitrogens with zero attached hydrogens (tertiary/aromatic N) is 2. The number of aromatic nitrogens is 2. The molecular weight excluding hydrogens is 238 g/mol. The fourth-order valence-corrected chi connectivity index (χ4v) is 2.14. The van der Waals surface area contributed by atoms with Gasteiger partial charge in [0, 0.05) is 18.9 Å². The molecule has 0 fully saturated rings. The summed E-state index contributed by atoms with van der Waals surface area (Å²) < 4.78 is 0. The molecule has 17 heavy (non-hydrogen) atoms. The van der Waals surface area contributed by atoms with Crippen molar-refractivity contribution in [2.24, 2.45) is 0 Å². The molecule has 0 radical (unpaired) electrons. The number of rotatable bonds is 4. The summed E-state index contributed by atoms with van der Waals surface area (Å²) in [7, 11) is 0. The van der Waals surface area contributed by atoms with E-state index in [9.17, 15) is 9.90 Å². The fourth-order valence-electron chi connectivity index (χ4n) is 1.34. The van der Waals surface area contributed by atoms with Crippen LogP contribution in [0.4, 0.5) is 5.13 Å². The topological polar surface area (TPSA) is 77.9 Å². The predicted molar refractivity (Wildman–Crippen MR) is 62.7 cm³/mol. The van der Waals surface area contributed by atoms with Gasteiger partial charge >= 0.3 is 0 Å². The quantitative estimate of drug-likeness (QED) is 0.866. The minimum Gasteiger partial charge on any atom is -0.544 e. The third-order valence-electron chi connectivity index (χ3n) is 2.15. The highest BCUT2D eigenvalue weighted by atomic mass is 32.1. The van der Waals surface area contributed by atoms with Crippen molar-refractivity contribution in [3.05, 3.63) is 40.7 Å². The first kappa shape index (κ1) is 11.5. The first-order valence-electron chi connectivity index (χ1n) is 4.98. The number of hydrogen-bond donors (Lipinski definition) is 1. The van der Waals surface area contributed by atoms with E-state index in [1.807, 2.05) is 12.1 Å². The number of carboxylic acids is 1. The summed E-state index contributed by atoms with van der Waals surface area (Å²) in [5.74, 6) is -1.19. The zero-order valence-corrected chi connectivity index (χ0v) is 9.95. The van der Waals surface area contributed by atoms with Crippen LogP contribution in [0.2, 0.25) is 0 Å². The summed E-state index contributed by atoms with van der Waals surface area (Å²) in [5, 5.41) is 14.4. The van der Waals surface area contributed by atoms with E-state index in [-0.39, 0.29) is 4.88 Å². The molecule has 0 saturated carbocycles. The Morgan fingerprint density at radius 2 is 2.41 bits per heavy atom. The van der Waals surface area contributed by atoms with Crippen molar-refractivity contribution in [2.75, 3.05) is 5.32 Å². The number of carbonyl (C=O) groups excluding carboxylic acids is 1. The largest absolute Gasteiger partial charge is 0.544 e. The highest BCUT2D eigenvalue weighted by Crippen LogP contribution is 2.22. The van der Waals surface area contributed by atoms with Crippen LogP contribution in [0.15, 0.2) is 24.5 Å². The Bertz CT molecular complexity index is 525. The summed E-state index contributed by atoms with van der Waals surface area (Å²) in [6.07, 6.45) is 3.44. The van der Waals surface area contributed by atoms with Gasteiger partial charge in [0.15, 0.2) is 5.13 Å². The molecular formula is C11H10N3O2S-. The highest BCUT2D eigenvalue weighted by molar-refractivity contribution is 7.17. The average Bonchev–Trinajstić information content (AvgIpc) is 2.69. The Morgan fingerprint density at radius 1 is 1.59 bits per heavy atom. The van der Waals surface area contributed by atoms with Crippen molar-refractivity contribution in [2.45, 2.75) is 13.5 Å². The second-order valence-electron chi connectivity index (χ2n) is 3.44. The second kappa shape index (κ2) is 4.92. The number of carbonyl (C=O) groups is 1. The maximum atomic E-state index is 10.7. The van der Waals surface area contributed by atoms with Gasteiger partial charge in [0.05, 0.1) is 16.5 Å². The molecule has 6 heteroatoms. The van der Waals surface area contributed by atoms with E-state index in [4.69, 9.17) is 0 Å². The van der Waals surface area contributed by atoms with Crippen LogP contribution in [0.1, 0.15) is 20.9 Å². The van der Waals surface area contributed by atoms with Gasteiger partial charge in [-0.25, -0.2) is 4.98 Å². The van der Waals surface area contributed by atoms with E-state index in [1.165, 1.54) is 0 Å². The first-order chi connectivity index (χ1) is 8.16. The zero-order chi connectivity index (χ0) is 12.3. The molecule has 0 aromatic carbocycles. The lowest BCUT2D eigenvalue weighted by atomic mass is 10.3. The fraction of sp³-hybridized carbons (Fsp3) is 0.182. The second-order valence-corrected chi connectivity index (χ2v) is 4.43. The summed E-state index contributed by atoms with van der Waals surface area (Å²) >= 11 is 1.08. The molecule has 2 aromatic heterocycles. The van der Waals surface area contributed by atoms with Crippen molar-refractivity contribution in [1.29, 1.82) is 0 Å². The molecule has 0 atom stereocenters. The number of aromatic carboxylic acids is 1. The molecule has 0 aliphatic heterocycles. The normalized spacial score (nSPS) is 10.2. The van der Waals surface area contributed by atoms with Gasteiger partial charge in [0.25, 0.3) is 0 Å². The number of nitrogens with one attached hydrogen (secondary N) is 1. The van der Waals surface area contributed by atoms with Gasteiger partial charge < -0.3 is 15.2 Å². The number of thiazole rings is 1. The number of hydrogen-bond acceptors (Lipinski definition) is 6. The van der Waals surface area contributed by atoms with E-state index >= 15 is 0 Å². The lowest BCUT2D eigenvalue weighted by Gasteiger charge is -2.01. The molecule has 0 aliphatic carbocycles. The monoisotopic (exact) mass is 248 g/mol. The number of carboxylic acid groups (broad SMARTS) is 1. The van der Waals surface area contributed by atoms with E-state index in [0.29, 0.717) is 17.4 Å². The van der Waals surface area contributed by atoms with E-state index in [0.717, 1.165) is 16.9 Å². The van der Waals surface area contributed by atoms with Gasteiger partial charge in [-0.2, -0.15) is 0 Å². The smallest absolute Gasteiger partial charge is 0.183 e. The van der Waals surface area contributed by atoms with Gasteiger partial charge in [0.1, 0.15) is 0 Å². The summed E-state index contributed by atoms with van der Waals surface area (Å²) in [4.78, 5) is 19.0. The third kappa shape index (κ3) is 2.79. The van der Waals surface area contributed by atoms with Crippen LogP contribution in [0.3, 0.4) is 0 Å². The van der Waals surface area contributed by atoms with Gasteiger partial charge in [0.2, 0.25) is 0 Å². The third-order valence-corrected chi connectivity index (χ3v) is 3.24. The molecule has 2 aromatic rings. The van der Waals surface area contributed by atoms with Crippen molar-refractivity contribution in [3.63, 3.8) is 0 Å². The Balaban J connectivity index is 2.05. The Kier molecular flexibility index (Phi) is 3.34.